The number of carboxylic acids is 1. The molecule has 0 bridgehead atoms. The first-order chi connectivity index (χ1) is 15.2. The van der Waals surface area contributed by atoms with Crippen LogP contribution in [0.2, 0.25) is 0 Å². The minimum absolute atomic E-state index is 0.0684. The number of benzene rings is 2. The van der Waals surface area contributed by atoms with Gasteiger partial charge < -0.3 is 19.3 Å². The molecule has 170 valence electrons. The molecule has 0 aliphatic heterocycles. The van der Waals surface area contributed by atoms with Gasteiger partial charge >= 0.3 is 5.97 Å². The van der Waals surface area contributed by atoms with Crippen molar-refractivity contribution in [2.75, 3.05) is 13.7 Å². The number of carboxylic acid groups (broad SMARTS) is 1. The van der Waals surface area contributed by atoms with Crippen molar-refractivity contribution in [3.05, 3.63) is 60.3 Å². The van der Waals surface area contributed by atoms with Gasteiger partial charge in [0.15, 0.2) is 5.60 Å². The molecule has 0 aliphatic rings. The maximum atomic E-state index is 11.4. The maximum Gasteiger partial charge on any atom is 0.335 e. The van der Waals surface area contributed by atoms with E-state index < -0.39 is 11.6 Å². The molecule has 7 nitrogen and oxygen atoms in total. The van der Waals surface area contributed by atoms with E-state index in [2.05, 4.69) is 13.8 Å². The summed E-state index contributed by atoms with van der Waals surface area (Å²) in [6.07, 6.45) is 0. The first kappa shape index (κ1) is 23.3. The van der Waals surface area contributed by atoms with Crippen molar-refractivity contribution in [2.45, 2.75) is 39.9 Å². The van der Waals surface area contributed by atoms with Gasteiger partial charge in [0.25, 0.3) is 0 Å². The van der Waals surface area contributed by atoms with Gasteiger partial charge in [-0.3, -0.25) is 0 Å². The average molecular weight is 439 g/mol. The van der Waals surface area contributed by atoms with E-state index in [9.17, 15) is 9.90 Å². The van der Waals surface area contributed by atoms with Crippen molar-refractivity contribution in [3.8, 4) is 28.4 Å². The Kier molecular flexibility index (Phi) is 7.20. The maximum absolute atomic E-state index is 11.4. The van der Waals surface area contributed by atoms with Crippen LogP contribution in [0.25, 0.3) is 16.9 Å². The summed E-state index contributed by atoms with van der Waals surface area (Å²) < 4.78 is 18.6. The van der Waals surface area contributed by atoms with Gasteiger partial charge in [0.05, 0.1) is 37.4 Å². The standard InChI is InChI=1S/C25H30N2O5/c1-17(2)15-31-22-8-6-7-18(13-22)23-14-19(16-32-25(3,4)24(28)29)26-27(23)20-9-11-21(30-5)12-10-20/h6-14,17H,15-16H2,1-5H3,(H,28,29). The van der Waals surface area contributed by atoms with Crippen LogP contribution in [0.5, 0.6) is 11.5 Å². The Morgan fingerprint density at radius 2 is 1.81 bits per heavy atom. The lowest BCUT2D eigenvalue weighted by Crippen LogP contribution is -2.34. The molecule has 0 spiro atoms. The third-order valence-electron chi connectivity index (χ3n) is 4.89. The second-order valence-corrected chi connectivity index (χ2v) is 8.47. The van der Waals surface area contributed by atoms with Crippen LogP contribution in [0.1, 0.15) is 33.4 Å². The number of carbonyl (C=O) groups is 1. The first-order valence-corrected chi connectivity index (χ1v) is 10.5. The van der Waals surface area contributed by atoms with Gasteiger partial charge in [0.1, 0.15) is 11.5 Å². The molecule has 7 heteroatoms. The van der Waals surface area contributed by atoms with Gasteiger partial charge in [-0.2, -0.15) is 5.10 Å². The highest BCUT2D eigenvalue weighted by Gasteiger charge is 2.28. The van der Waals surface area contributed by atoms with Crippen LogP contribution >= 0.6 is 0 Å². The molecule has 3 aromatic rings. The van der Waals surface area contributed by atoms with E-state index in [1.165, 1.54) is 13.8 Å². The monoisotopic (exact) mass is 438 g/mol. The van der Waals surface area contributed by atoms with E-state index in [-0.39, 0.29) is 6.61 Å². The van der Waals surface area contributed by atoms with Crippen LogP contribution in [0.3, 0.4) is 0 Å². The van der Waals surface area contributed by atoms with Crippen molar-refractivity contribution in [1.29, 1.82) is 0 Å². The summed E-state index contributed by atoms with van der Waals surface area (Å²) in [5, 5.41) is 14.0. The molecule has 0 saturated heterocycles. The quantitative estimate of drug-likeness (QED) is 0.482. The van der Waals surface area contributed by atoms with Gasteiger partial charge in [-0.1, -0.05) is 26.0 Å². The van der Waals surface area contributed by atoms with Gasteiger partial charge in [0.2, 0.25) is 0 Å². The number of aliphatic carboxylic acids is 1. The second-order valence-electron chi connectivity index (χ2n) is 8.47. The molecule has 0 fully saturated rings. The van der Waals surface area contributed by atoms with Crippen LogP contribution in [-0.2, 0) is 16.1 Å². The summed E-state index contributed by atoms with van der Waals surface area (Å²) in [6.45, 7) is 7.95. The minimum Gasteiger partial charge on any atom is -0.497 e. The molecular weight excluding hydrogens is 408 g/mol. The first-order valence-electron chi connectivity index (χ1n) is 10.5. The number of rotatable bonds is 10. The predicted molar refractivity (Wildman–Crippen MR) is 122 cm³/mol. The largest absolute Gasteiger partial charge is 0.497 e. The number of nitrogens with zero attached hydrogens (tertiary/aromatic N) is 2. The van der Waals surface area contributed by atoms with Crippen LogP contribution in [-0.4, -0.2) is 40.2 Å². The molecule has 3 rings (SSSR count). The summed E-state index contributed by atoms with van der Waals surface area (Å²) in [6, 6.07) is 17.3. The number of methoxy groups -OCH3 is 1. The zero-order valence-corrected chi connectivity index (χ0v) is 19.2. The molecule has 0 saturated carbocycles. The lowest BCUT2D eigenvalue weighted by molar-refractivity contribution is -0.162. The van der Waals surface area contributed by atoms with E-state index in [1.54, 1.807) is 7.11 Å². The summed E-state index contributed by atoms with van der Waals surface area (Å²) in [4.78, 5) is 11.4. The van der Waals surface area contributed by atoms with E-state index in [0.717, 1.165) is 28.4 Å². The summed E-state index contributed by atoms with van der Waals surface area (Å²) >= 11 is 0. The third-order valence-corrected chi connectivity index (χ3v) is 4.89. The lowest BCUT2D eigenvalue weighted by atomic mass is 10.1. The normalized spacial score (nSPS) is 11.6. The van der Waals surface area contributed by atoms with Crippen LogP contribution < -0.4 is 9.47 Å². The lowest BCUT2D eigenvalue weighted by Gasteiger charge is -2.19. The van der Waals surface area contributed by atoms with Crippen molar-refractivity contribution >= 4 is 5.97 Å². The van der Waals surface area contributed by atoms with E-state index in [4.69, 9.17) is 19.3 Å². The fourth-order valence-corrected chi connectivity index (χ4v) is 2.95. The summed E-state index contributed by atoms with van der Waals surface area (Å²) in [5.41, 5.74) is 1.93. The minimum atomic E-state index is -1.31. The Morgan fingerprint density at radius 3 is 2.44 bits per heavy atom. The molecule has 32 heavy (non-hydrogen) atoms. The summed E-state index contributed by atoms with van der Waals surface area (Å²) in [5.74, 6) is 0.925. The highest BCUT2D eigenvalue weighted by Crippen LogP contribution is 2.29. The zero-order valence-electron chi connectivity index (χ0n) is 19.2. The molecule has 1 N–H and O–H groups in total. The SMILES string of the molecule is COc1ccc(-n2nc(COC(C)(C)C(=O)O)cc2-c2cccc(OCC(C)C)c2)cc1. The average Bonchev–Trinajstić information content (AvgIpc) is 3.21. The van der Waals surface area contributed by atoms with E-state index in [0.29, 0.717) is 18.2 Å². The van der Waals surface area contributed by atoms with Crippen LogP contribution in [0.15, 0.2) is 54.6 Å². The predicted octanol–water partition coefficient (Wildman–Crippen LogP) is 4.96. The third kappa shape index (κ3) is 5.68. The van der Waals surface area contributed by atoms with Crippen LogP contribution in [0, 0.1) is 5.92 Å². The van der Waals surface area contributed by atoms with Crippen molar-refractivity contribution in [2.24, 2.45) is 5.92 Å². The van der Waals surface area contributed by atoms with Gasteiger partial charge in [-0.15, -0.1) is 0 Å². The molecule has 1 aromatic heterocycles. The highest BCUT2D eigenvalue weighted by molar-refractivity contribution is 5.76. The van der Waals surface area contributed by atoms with Gasteiger partial charge in [-0.05, 0) is 62.2 Å². The molecule has 0 atom stereocenters. The Morgan fingerprint density at radius 1 is 1.09 bits per heavy atom. The molecule has 0 aliphatic carbocycles. The van der Waals surface area contributed by atoms with Crippen molar-refractivity contribution < 1.29 is 24.1 Å². The zero-order chi connectivity index (χ0) is 23.3. The molecule has 2 aromatic carbocycles. The molecule has 0 radical (unpaired) electrons. The fraction of sp³-hybridized carbons (Fsp3) is 0.360. The Balaban J connectivity index is 1.98. The Hall–Kier alpha value is -3.32. The van der Waals surface area contributed by atoms with Crippen molar-refractivity contribution in [3.63, 3.8) is 0 Å². The molecular formula is C25H30N2O5. The molecule has 0 unspecified atom stereocenters. The van der Waals surface area contributed by atoms with Gasteiger partial charge in [0, 0.05) is 5.56 Å². The number of ether oxygens (including phenoxy) is 3. The smallest absolute Gasteiger partial charge is 0.335 e. The fourth-order valence-electron chi connectivity index (χ4n) is 2.95. The Bertz CT molecular complexity index is 1050. The van der Waals surface area contributed by atoms with Gasteiger partial charge in [-0.25, -0.2) is 9.48 Å². The topological polar surface area (TPSA) is 82.8 Å². The molecule has 1 heterocycles. The van der Waals surface area contributed by atoms with E-state index >= 15 is 0 Å². The number of aromatic nitrogens is 2. The molecule has 0 amide bonds. The van der Waals surface area contributed by atoms with Crippen LogP contribution in [0.4, 0.5) is 0 Å². The second kappa shape index (κ2) is 9.87. The highest BCUT2D eigenvalue weighted by atomic mass is 16.5. The van der Waals surface area contributed by atoms with Crippen molar-refractivity contribution in [1.82, 2.24) is 9.78 Å². The number of hydrogen-bond acceptors (Lipinski definition) is 5. The number of hydrogen-bond donors (Lipinski definition) is 1. The van der Waals surface area contributed by atoms with E-state index in [1.807, 2.05) is 59.3 Å². The summed E-state index contributed by atoms with van der Waals surface area (Å²) in [7, 11) is 1.62. The Labute approximate surface area is 188 Å².